The number of hydrogen-bond donors (Lipinski definition) is 1. The molecule has 0 aliphatic heterocycles. The van der Waals surface area contributed by atoms with Gasteiger partial charge in [0.2, 0.25) is 0 Å². The second kappa shape index (κ2) is 7.00. The standard InChI is InChI=1S/C16H16N2O7S/c1-10-4-6-11(7-5-10)26(23,24)17(2)13-9-15(25-3)12(16(19)20)8-14(13)18(21)22/h4-9H,1-3H3,(H,19,20). The van der Waals surface area contributed by atoms with Gasteiger partial charge >= 0.3 is 5.97 Å². The minimum absolute atomic E-state index is 0.0545. The molecule has 0 aliphatic carbocycles. The molecule has 0 bridgehead atoms. The van der Waals surface area contributed by atoms with Crippen molar-refractivity contribution in [2.75, 3.05) is 18.5 Å². The molecular weight excluding hydrogens is 364 g/mol. The molecule has 0 aliphatic rings. The Kier molecular flexibility index (Phi) is 5.17. The summed E-state index contributed by atoms with van der Waals surface area (Å²) in [5.74, 6) is -1.62. The minimum atomic E-state index is -4.10. The van der Waals surface area contributed by atoms with Crippen LogP contribution in [0.5, 0.6) is 5.75 Å². The van der Waals surface area contributed by atoms with Crippen LogP contribution < -0.4 is 9.04 Å². The first-order valence-corrected chi connectivity index (χ1v) is 8.69. The van der Waals surface area contributed by atoms with Crippen molar-refractivity contribution < 1.29 is 28.0 Å². The predicted octanol–water partition coefficient (Wildman–Crippen LogP) is 2.44. The average molecular weight is 380 g/mol. The molecule has 0 unspecified atom stereocenters. The number of nitrogens with zero attached hydrogens (tertiary/aromatic N) is 2. The fraction of sp³-hybridized carbons (Fsp3) is 0.188. The van der Waals surface area contributed by atoms with Gasteiger partial charge in [0, 0.05) is 19.2 Å². The van der Waals surface area contributed by atoms with Crippen LogP contribution in [0.15, 0.2) is 41.3 Å². The molecular formula is C16H16N2O7S. The first kappa shape index (κ1) is 19.2. The zero-order valence-corrected chi connectivity index (χ0v) is 15.0. The van der Waals surface area contributed by atoms with E-state index in [1.54, 1.807) is 19.1 Å². The Morgan fingerprint density at radius 2 is 1.81 bits per heavy atom. The van der Waals surface area contributed by atoms with Crippen LogP contribution in [0.3, 0.4) is 0 Å². The third-order valence-corrected chi connectivity index (χ3v) is 5.53. The van der Waals surface area contributed by atoms with E-state index in [1.807, 2.05) is 0 Å². The van der Waals surface area contributed by atoms with Crippen molar-refractivity contribution in [3.63, 3.8) is 0 Å². The number of aryl methyl sites for hydroxylation is 1. The Bertz CT molecular complexity index is 969. The molecule has 0 amide bonds. The SMILES string of the molecule is COc1cc(N(C)S(=O)(=O)c2ccc(C)cc2)c([N+](=O)[O-])cc1C(=O)O. The fourth-order valence-corrected chi connectivity index (χ4v) is 3.49. The molecule has 0 atom stereocenters. The third kappa shape index (κ3) is 3.45. The summed E-state index contributed by atoms with van der Waals surface area (Å²) >= 11 is 0. The molecule has 9 nitrogen and oxygen atoms in total. The number of carboxylic acid groups (broad SMARTS) is 1. The van der Waals surface area contributed by atoms with Gasteiger partial charge in [-0.05, 0) is 19.1 Å². The minimum Gasteiger partial charge on any atom is -0.496 e. The van der Waals surface area contributed by atoms with Crippen molar-refractivity contribution in [1.29, 1.82) is 0 Å². The van der Waals surface area contributed by atoms with Gasteiger partial charge in [0.1, 0.15) is 17.0 Å². The molecule has 0 saturated heterocycles. The van der Waals surface area contributed by atoms with Gasteiger partial charge in [-0.15, -0.1) is 0 Å². The first-order valence-electron chi connectivity index (χ1n) is 7.25. The van der Waals surface area contributed by atoms with E-state index < -0.39 is 32.2 Å². The summed E-state index contributed by atoms with van der Waals surface area (Å²) in [4.78, 5) is 21.7. The summed E-state index contributed by atoms with van der Waals surface area (Å²) in [5.41, 5.74) is -0.562. The zero-order valence-electron chi connectivity index (χ0n) is 14.2. The monoisotopic (exact) mass is 380 g/mol. The average Bonchev–Trinajstić information content (AvgIpc) is 2.59. The lowest BCUT2D eigenvalue weighted by molar-refractivity contribution is -0.384. The van der Waals surface area contributed by atoms with E-state index in [1.165, 1.54) is 19.2 Å². The molecule has 138 valence electrons. The predicted molar refractivity (Wildman–Crippen MR) is 93.4 cm³/mol. The van der Waals surface area contributed by atoms with E-state index in [0.29, 0.717) is 0 Å². The van der Waals surface area contributed by atoms with Crippen LogP contribution in [0.1, 0.15) is 15.9 Å². The number of nitro groups is 1. The number of carboxylic acids is 1. The topological polar surface area (TPSA) is 127 Å². The van der Waals surface area contributed by atoms with E-state index >= 15 is 0 Å². The number of rotatable bonds is 6. The molecule has 10 heteroatoms. The summed E-state index contributed by atoms with van der Waals surface area (Å²) in [6.07, 6.45) is 0. The highest BCUT2D eigenvalue weighted by Gasteiger charge is 2.30. The van der Waals surface area contributed by atoms with Gasteiger partial charge in [0.25, 0.3) is 15.7 Å². The van der Waals surface area contributed by atoms with E-state index in [9.17, 15) is 23.3 Å². The quantitative estimate of drug-likeness (QED) is 0.602. The Hall–Kier alpha value is -3.14. The van der Waals surface area contributed by atoms with Gasteiger partial charge < -0.3 is 9.84 Å². The number of benzene rings is 2. The maximum absolute atomic E-state index is 12.8. The van der Waals surface area contributed by atoms with Crippen molar-refractivity contribution in [2.45, 2.75) is 11.8 Å². The van der Waals surface area contributed by atoms with Crippen LogP contribution in [0, 0.1) is 17.0 Å². The van der Waals surface area contributed by atoms with E-state index in [0.717, 1.165) is 29.0 Å². The zero-order chi connectivity index (χ0) is 19.6. The van der Waals surface area contributed by atoms with E-state index in [2.05, 4.69) is 0 Å². The molecule has 0 fully saturated rings. The lowest BCUT2D eigenvalue weighted by atomic mass is 10.1. The lowest BCUT2D eigenvalue weighted by Crippen LogP contribution is -2.27. The lowest BCUT2D eigenvalue weighted by Gasteiger charge is -2.20. The van der Waals surface area contributed by atoms with Crippen molar-refractivity contribution in [2.24, 2.45) is 0 Å². The number of hydrogen-bond acceptors (Lipinski definition) is 6. The molecule has 1 N–H and O–H groups in total. The maximum atomic E-state index is 12.8. The Morgan fingerprint density at radius 3 is 2.27 bits per heavy atom. The van der Waals surface area contributed by atoms with Crippen LogP contribution >= 0.6 is 0 Å². The van der Waals surface area contributed by atoms with Gasteiger partial charge in [-0.25, -0.2) is 13.2 Å². The first-order chi connectivity index (χ1) is 12.1. The summed E-state index contributed by atoms with van der Waals surface area (Å²) in [6, 6.07) is 7.77. The van der Waals surface area contributed by atoms with Crippen molar-refractivity contribution >= 4 is 27.4 Å². The summed E-state index contributed by atoms with van der Waals surface area (Å²) in [7, 11) is -1.76. The molecule has 0 heterocycles. The molecule has 2 aromatic carbocycles. The Labute approximate surface area is 149 Å². The van der Waals surface area contributed by atoms with Gasteiger partial charge in [-0.3, -0.25) is 14.4 Å². The van der Waals surface area contributed by atoms with Crippen LogP contribution in [-0.4, -0.2) is 38.6 Å². The van der Waals surface area contributed by atoms with Crippen LogP contribution in [0.4, 0.5) is 11.4 Å². The summed E-state index contributed by atoms with van der Waals surface area (Å²) in [5, 5.41) is 20.5. The molecule has 2 aromatic rings. The molecule has 26 heavy (non-hydrogen) atoms. The van der Waals surface area contributed by atoms with Crippen molar-refractivity contribution in [3.8, 4) is 5.75 Å². The number of aromatic carboxylic acids is 1. The van der Waals surface area contributed by atoms with Crippen LogP contribution in [-0.2, 0) is 10.0 Å². The number of nitro benzene ring substituents is 1. The number of ether oxygens (including phenoxy) is 1. The van der Waals surface area contributed by atoms with Gasteiger partial charge in [-0.2, -0.15) is 0 Å². The highest BCUT2D eigenvalue weighted by molar-refractivity contribution is 7.92. The van der Waals surface area contributed by atoms with Gasteiger partial charge in [0.15, 0.2) is 0 Å². The Morgan fingerprint density at radius 1 is 1.23 bits per heavy atom. The fourth-order valence-electron chi connectivity index (χ4n) is 2.29. The maximum Gasteiger partial charge on any atom is 0.339 e. The second-order valence-electron chi connectivity index (χ2n) is 5.39. The molecule has 0 spiro atoms. The number of anilines is 1. The Balaban J connectivity index is 2.67. The largest absolute Gasteiger partial charge is 0.496 e. The van der Waals surface area contributed by atoms with Gasteiger partial charge in [-0.1, -0.05) is 17.7 Å². The van der Waals surface area contributed by atoms with Gasteiger partial charge in [0.05, 0.1) is 16.9 Å². The van der Waals surface area contributed by atoms with E-state index in [-0.39, 0.29) is 16.3 Å². The highest BCUT2D eigenvalue weighted by Crippen LogP contribution is 2.37. The highest BCUT2D eigenvalue weighted by atomic mass is 32.2. The molecule has 0 aromatic heterocycles. The molecule has 2 rings (SSSR count). The van der Waals surface area contributed by atoms with Crippen LogP contribution in [0.25, 0.3) is 0 Å². The normalized spacial score (nSPS) is 11.0. The van der Waals surface area contributed by atoms with E-state index in [4.69, 9.17) is 9.84 Å². The third-order valence-electron chi connectivity index (χ3n) is 3.74. The van der Waals surface area contributed by atoms with Crippen molar-refractivity contribution in [1.82, 2.24) is 0 Å². The van der Waals surface area contributed by atoms with Crippen LogP contribution in [0.2, 0.25) is 0 Å². The number of methoxy groups -OCH3 is 1. The molecule has 0 radical (unpaired) electrons. The number of carbonyl (C=O) groups is 1. The molecule has 0 saturated carbocycles. The van der Waals surface area contributed by atoms with Crippen molar-refractivity contribution in [3.05, 3.63) is 57.6 Å². The smallest absolute Gasteiger partial charge is 0.339 e. The summed E-state index contributed by atoms with van der Waals surface area (Å²) in [6.45, 7) is 1.79. The number of sulfonamides is 1. The summed E-state index contributed by atoms with van der Waals surface area (Å²) < 4.78 is 31.2. The second-order valence-corrected chi connectivity index (χ2v) is 7.36.